The first-order valence-electron chi connectivity index (χ1n) is 13.2. The fourth-order valence-electron chi connectivity index (χ4n) is 6.06. The average Bonchev–Trinajstić information content (AvgIpc) is 3.41. The summed E-state index contributed by atoms with van der Waals surface area (Å²) in [4.78, 5) is 2.78. The number of hydrogen-bond donors (Lipinski definition) is 0. The third-order valence-electron chi connectivity index (χ3n) is 8.30. The van der Waals surface area contributed by atoms with Crippen LogP contribution < -0.4 is 18.9 Å². The molecule has 0 radical (unpaired) electrons. The summed E-state index contributed by atoms with van der Waals surface area (Å²) in [5, 5.41) is 0. The van der Waals surface area contributed by atoms with E-state index < -0.39 is 0 Å². The minimum atomic E-state index is -0.238. The molecule has 8 heteroatoms. The topological polar surface area (TPSA) is 40.2 Å². The first-order chi connectivity index (χ1) is 17.7. The summed E-state index contributed by atoms with van der Waals surface area (Å²) in [6, 6.07) is 13.0. The Hall–Kier alpha value is -1.41. The van der Waals surface area contributed by atoms with Crippen LogP contribution in [0.2, 0.25) is 0 Å². The Bertz CT molecular complexity index is 1070. The molecule has 38 heavy (non-hydrogen) atoms. The fourth-order valence-corrected chi connectivity index (χ4v) is 9.31. The zero-order valence-corrected chi connectivity index (χ0v) is 26.4. The largest absolute Gasteiger partial charge is 0.493 e. The molecule has 0 unspecified atom stereocenters. The lowest BCUT2D eigenvalue weighted by Crippen LogP contribution is -2.57. The Morgan fingerprint density at radius 2 is 1.29 bits per heavy atom. The maximum Gasteiger partial charge on any atom is 0.161 e. The molecule has 4 rings (SSSR count). The molecule has 2 aromatic carbocycles. The summed E-state index contributed by atoms with van der Waals surface area (Å²) in [7, 11) is 6.84. The van der Waals surface area contributed by atoms with Crippen LogP contribution in [-0.2, 0) is 11.0 Å². The van der Waals surface area contributed by atoms with E-state index in [1.54, 1.807) is 28.4 Å². The lowest BCUT2D eigenvalue weighted by atomic mass is 9.76. The number of benzene rings is 2. The summed E-state index contributed by atoms with van der Waals surface area (Å²) in [5.74, 6) is 5.50. The molecule has 1 saturated heterocycles. The summed E-state index contributed by atoms with van der Waals surface area (Å²) in [6.07, 6.45) is 6.10. The fraction of sp³-hybridized carbons (Fsp3) is 0.600. The van der Waals surface area contributed by atoms with Gasteiger partial charge in [0.15, 0.2) is 23.0 Å². The van der Waals surface area contributed by atoms with Gasteiger partial charge >= 0.3 is 0 Å². The summed E-state index contributed by atoms with van der Waals surface area (Å²) < 4.78 is 22.5. The van der Waals surface area contributed by atoms with Crippen molar-refractivity contribution in [3.05, 3.63) is 47.5 Å². The number of rotatable bonds is 10. The lowest BCUT2D eigenvalue weighted by molar-refractivity contribution is 0.0660. The molecule has 2 aromatic rings. The third-order valence-corrected chi connectivity index (χ3v) is 11.5. The molecule has 0 bridgehead atoms. The highest BCUT2D eigenvalue weighted by Gasteiger charge is 2.49. The van der Waals surface area contributed by atoms with Crippen molar-refractivity contribution in [1.82, 2.24) is 4.90 Å². The van der Waals surface area contributed by atoms with E-state index in [-0.39, 0.29) is 27.6 Å². The molecule has 0 aromatic heterocycles. The van der Waals surface area contributed by atoms with Gasteiger partial charge in [0.1, 0.15) is 4.20 Å². The van der Waals surface area contributed by atoms with Gasteiger partial charge in [0.2, 0.25) is 0 Å². The molecule has 0 amide bonds. The number of hydrogen-bond acceptors (Lipinski definition) is 7. The molecule has 2 aliphatic rings. The van der Waals surface area contributed by atoms with Crippen LogP contribution >= 0.6 is 35.9 Å². The Kier molecular flexibility index (Phi) is 10.5. The van der Waals surface area contributed by atoms with Gasteiger partial charge in [-0.25, -0.2) is 0 Å². The van der Waals surface area contributed by atoms with Crippen molar-refractivity contribution in [1.29, 1.82) is 0 Å². The van der Waals surface area contributed by atoms with Crippen LogP contribution in [0.5, 0.6) is 23.0 Å². The Labute approximate surface area is 244 Å². The van der Waals surface area contributed by atoms with Crippen molar-refractivity contribution in [2.75, 3.05) is 46.5 Å². The lowest BCUT2D eigenvalue weighted by Gasteiger charge is -2.54. The second-order valence-electron chi connectivity index (χ2n) is 10.7. The van der Waals surface area contributed by atoms with Gasteiger partial charge in [0.25, 0.3) is 0 Å². The molecule has 2 fully saturated rings. The van der Waals surface area contributed by atoms with Crippen molar-refractivity contribution < 1.29 is 18.9 Å². The van der Waals surface area contributed by atoms with E-state index in [4.69, 9.17) is 18.9 Å². The molecule has 1 aliphatic carbocycles. The minimum Gasteiger partial charge on any atom is -0.493 e. The van der Waals surface area contributed by atoms with Gasteiger partial charge in [0, 0.05) is 17.5 Å². The minimum absolute atomic E-state index is 0. The van der Waals surface area contributed by atoms with Crippen LogP contribution in [0.25, 0.3) is 0 Å². The van der Waals surface area contributed by atoms with E-state index in [1.807, 2.05) is 6.07 Å². The van der Waals surface area contributed by atoms with Crippen molar-refractivity contribution in [2.45, 2.75) is 68.0 Å². The van der Waals surface area contributed by atoms with E-state index in [2.05, 4.69) is 79.5 Å². The smallest absolute Gasteiger partial charge is 0.161 e. The van der Waals surface area contributed by atoms with E-state index in [9.17, 15) is 0 Å². The number of methoxy groups -OCH3 is 4. The van der Waals surface area contributed by atoms with Gasteiger partial charge in [-0.05, 0) is 86.9 Å². The van der Waals surface area contributed by atoms with E-state index >= 15 is 0 Å². The molecule has 0 N–H and O–H groups in total. The highest BCUT2D eigenvalue weighted by atomic mass is 35.5. The SMILES string of the molecule is COc1ccc(C2(CN(C3(C)SCCCS3)C(C)(C)c3ccc(OC)c(OC)c3)CCCC2)cc1OC.Cl. The van der Waals surface area contributed by atoms with Crippen molar-refractivity contribution in [2.24, 2.45) is 0 Å². The number of thioether (sulfide) groups is 2. The Balaban J connectivity index is 0.00000400. The highest BCUT2D eigenvalue weighted by molar-refractivity contribution is 8.18. The number of halogens is 1. The first kappa shape index (κ1) is 31.1. The van der Waals surface area contributed by atoms with Crippen LogP contribution in [0.15, 0.2) is 36.4 Å². The van der Waals surface area contributed by atoms with Crippen molar-refractivity contribution >= 4 is 35.9 Å². The van der Waals surface area contributed by atoms with Gasteiger partial charge in [-0.15, -0.1) is 35.9 Å². The van der Waals surface area contributed by atoms with Gasteiger partial charge < -0.3 is 18.9 Å². The van der Waals surface area contributed by atoms with Gasteiger partial charge in [0.05, 0.1) is 28.4 Å². The number of nitrogens with zero attached hydrogens (tertiary/aromatic N) is 1. The standard InChI is InChI=1S/C30H43NO4S2.ClH/c1-28(2,22-11-13-24(32-4)26(19-22)34-6)31(29(3)36-17-10-18-37-29)21-30(15-8-9-16-30)23-12-14-25(33-5)27(20-23)35-7;/h11-14,19-20H,8-10,15-18,21H2,1-7H3;1H. The van der Waals surface area contributed by atoms with E-state index in [0.717, 1.165) is 29.5 Å². The number of ether oxygens (including phenoxy) is 4. The van der Waals surface area contributed by atoms with Crippen LogP contribution in [0, 0.1) is 0 Å². The van der Waals surface area contributed by atoms with Crippen molar-refractivity contribution in [3.8, 4) is 23.0 Å². The van der Waals surface area contributed by atoms with Gasteiger partial charge in [-0.3, -0.25) is 4.90 Å². The quantitative estimate of drug-likeness (QED) is 0.284. The van der Waals surface area contributed by atoms with Gasteiger partial charge in [-0.1, -0.05) is 25.0 Å². The Morgan fingerprint density at radius 1 is 0.763 bits per heavy atom. The third kappa shape index (κ3) is 6.01. The molecule has 0 atom stereocenters. The monoisotopic (exact) mass is 581 g/mol. The van der Waals surface area contributed by atoms with E-state index in [0.29, 0.717) is 0 Å². The molecule has 1 aliphatic heterocycles. The summed E-state index contributed by atoms with van der Waals surface area (Å²) in [5.41, 5.74) is 2.40. The summed E-state index contributed by atoms with van der Waals surface area (Å²) >= 11 is 4.18. The first-order valence-corrected chi connectivity index (χ1v) is 15.2. The van der Waals surface area contributed by atoms with Crippen LogP contribution in [0.3, 0.4) is 0 Å². The second kappa shape index (κ2) is 12.8. The summed E-state index contributed by atoms with van der Waals surface area (Å²) in [6.45, 7) is 8.14. The van der Waals surface area contributed by atoms with Crippen molar-refractivity contribution in [3.63, 3.8) is 0 Å². The normalized spacial score (nSPS) is 18.5. The Morgan fingerprint density at radius 3 is 1.84 bits per heavy atom. The zero-order valence-electron chi connectivity index (χ0n) is 23.9. The maximum absolute atomic E-state index is 5.73. The predicted molar refractivity (Wildman–Crippen MR) is 164 cm³/mol. The molecular formula is C30H44ClNO4S2. The molecular weight excluding hydrogens is 538 g/mol. The average molecular weight is 582 g/mol. The van der Waals surface area contributed by atoms with E-state index in [1.165, 1.54) is 54.7 Å². The van der Waals surface area contributed by atoms with Gasteiger partial charge in [-0.2, -0.15) is 0 Å². The zero-order chi connectivity index (χ0) is 26.7. The molecule has 1 saturated carbocycles. The molecule has 0 spiro atoms. The van der Waals surface area contributed by atoms with Crippen LogP contribution in [-0.4, -0.2) is 55.6 Å². The van der Waals surface area contributed by atoms with Crippen LogP contribution in [0.4, 0.5) is 0 Å². The maximum atomic E-state index is 5.73. The molecule has 1 heterocycles. The second-order valence-corrected chi connectivity index (χ2v) is 14.0. The highest BCUT2D eigenvalue weighted by Crippen LogP contribution is 2.54. The van der Waals surface area contributed by atoms with Crippen LogP contribution in [0.1, 0.15) is 64.0 Å². The predicted octanol–water partition coefficient (Wildman–Crippen LogP) is 7.74. The molecule has 212 valence electrons. The molecule has 5 nitrogen and oxygen atoms in total.